The predicted molar refractivity (Wildman–Crippen MR) is 159 cm³/mol. The summed E-state index contributed by atoms with van der Waals surface area (Å²) in [7, 11) is 0. The first-order valence-electron chi connectivity index (χ1n) is 14.3. The van der Waals surface area contributed by atoms with E-state index < -0.39 is 48.0 Å². The highest BCUT2D eigenvalue weighted by molar-refractivity contribution is 5.89. The zero-order valence-electron chi connectivity index (χ0n) is 25.2. The zero-order chi connectivity index (χ0) is 32.0. The Morgan fingerprint density at radius 3 is 1.98 bits per heavy atom. The van der Waals surface area contributed by atoms with E-state index in [2.05, 4.69) is 20.1 Å². The van der Waals surface area contributed by atoms with E-state index in [0.717, 1.165) is 44.2 Å². The molecule has 0 radical (unpaired) electrons. The number of aliphatic hydroxyl groups excluding tert-OH is 2. The molecule has 43 heavy (non-hydrogen) atoms. The molecule has 0 unspecified atom stereocenters. The first-order valence-corrected chi connectivity index (χ1v) is 14.3. The quantitative estimate of drug-likeness (QED) is 0.0829. The Bertz CT molecular complexity index is 1250. The van der Waals surface area contributed by atoms with Crippen LogP contribution in [0.3, 0.4) is 0 Å². The summed E-state index contributed by atoms with van der Waals surface area (Å²) in [4.78, 5) is 24.2. The number of carbonyl (C=O) groups is 2. The average molecular weight is 605 g/mol. The molecule has 2 aromatic rings. The van der Waals surface area contributed by atoms with Crippen molar-refractivity contribution < 1.29 is 47.5 Å². The van der Waals surface area contributed by atoms with Gasteiger partial charge in [-0.25, -0.2) is 18.4 Å². The summed E-state index contributed by atoms with van der Waals surface area (Å²) in [6, 6.07) is 6.52. The van der Waals surface area contributed by atoms with Gasteiger partial charge in [0.05, 0.1) is 25.2 Å². The zero-order valence-corrected chi connectivity index (χ0v) is 25.2. The Kier molecular flexibility index (Phi) is 14.3. The van der Waals surface area contributed by atoms with Crippen LogP contribution in [0, 0.1) is 17.0 Å². The molecule has 236 valence electrons. The molecule has 10 heteroatoms. The van der Waals surface area contributed by atoms with Gasteiger partial charge in [0.2, 0.25) is 0 Å². The first kappa shape index (κ1) is 35.4. The highest BCUT2D eigenvalue weighted by Crippen LogP contribution is 2.36. The van der Waals surface area contributed by atoms with Crippen LogP contribution in [-0.2, 0) is 14.3 Å². The van der Waals surface area contributed by atoms with Gasteiger partial charge in [-0.3, -0.25) is 0 Å². The molecular weight excluding hydrogens is 562 g/mol. The van der Waals surface area contributed by atoms with Crippen LogP contribution in [0.15, 0.2) is 54.6 Å². The second kappa shape index (κ2) is 17.4. The number of rotatable bonds is 19. The third kappa shape index (κ3) is 10.8. The fraction of sp³-hybridized carbons (Fsp3) is 0.455. The van der Waals surface area contributed by atoms with Gasteiger partial charge in [0.15, 0.2) is 28.9 Å². The molecule has 0 atom stereocenters. The van der Waals surface area contributed by atoms with Crippen molar-refractivity contribution in [2.75, 3.05) is 33.0 Å². The first-order chi connectivity index (χ1) is 20.5. The normalized spacial score (nSPS) is 11.1. The van der Waals surface area contributed by atoms with E-state index in [4.69, 9.17) is 18.9 Å². The number of ether oxygens (including phenoxy) is 4. The lowest BCUT2D eigenvalue weighted by Crippen LogP contribution is -2.41. The summed E-state index contributed by atoms with van der Waals surface area (Å²) in [5.74, 6) is -3.76. The number of carbonyl (C=O) groups excluding carboxylic acids is 2. The number of hydrogen-bond acceptors (Lipinski definition) is 8. The van der Waals surface area contributed by atoms with E-state index in [1.807, 2.05) is 0 Å². The molecule has 0 aliphatic heterocycles. The number of benzene rings is 2. The van der Waals surface area contributed by atoms with Crippen molar-refractivity contribution >= 4 is 11.9 Å². The number of esters is 2. The maximum Gasteiger partial charge on any atom is 0.338 e. The molecular formula is C33H42F2O8. The highest BCUT2D eigenvalue weighted by Gasteiger charge is 2.33. The molecule has 0 saturated heterocycles. The van der Waals surface area contributed by atoms with Crippen LogP contribution < -0.4 is 14.2 Å². The minimum absolute atomic E-state index is 0.0238. The highest BCUT2D eigenvalue weighted by atomic mass is 19.1. The smallest absolute Gasteiger partial charge is 0.338 e. The van der Waals surface area contributed by atoms with Crippen molar-refractivity contribution in [3.05, 3.63) is 66.3 Å². The van der Waals surface area contributed by atoms with Crippen LogP contribution in [0.1, 0.15) is 59.3 Å². The van der Waals surface area contributed by atoms with Gasteiger partial charge in [-0.15, -0.1) is 0 Å². The van der Waals surface area contributed by atoms with Crippen LogP contribution >= 0.6 is 0 Å². The SMILES string of the molecule is C=C(C)C(=O)OCC(CO)(CO)COc1ccc(-c2cc(F)c(OCCCCCCCC)c(F)c2)cc1OC(=O)C(=C)C. The number of hydrogen-bond donors (Lipinski definition) is 2. The van der Waals surface area contributed by atoms with Crippen molar-refractivity contribution in [1.29, 1.82) is 0 Å². The molecule has 0 aliphatic carbocycles. The lowest BCUT2D eigenvalue weighted by atomic mass is 9.92. The van der Waals surface area contributed by atoms with Gasteiger partial charge < -0.3 is 29.2 Å². The Labute approximate surface area is 251 Å². The Hall–Kier alpha value is -3.76. The third-order valence-corrected chi connectivity index (χ3v) is 6.63. The summed E-state index contributed by atoms with van der Waals surface area (Å²) in [5, 5.41) is 19.9. The number of aliphatic hydroxyl groups is 2. The summed E-state index contributed by atoms with van der Waals surface area (Å²) in [6.07, 6.45) is 6.06. The minimum atomic E-state index is -1.39. The molecule has 2 aromatic carbocycles. The number of halogens is 2. The topological polar surface area (TPSA) is 112 Å². The van der Waals surface area contributed by atoms with E-state index in [9.17, 15) is 28.6 Å². The number of unbranched alkanes of at least 4 members (excludes halogenated alkanes) is 5. The van der Waals surface area contributed by atoms with Gasteiger partial charge in [0.1, 0.15) is 13.2 Å². The summed E-state index contributed by atoms with van der Waals surface area (Å²) >= 11 is 0. The predicted octanol–water partition coefficient (Wildman–Crippen LogP) is 6.32. The third-order valence-electron chi connectivity index (χ3n) is 6.63. The lowest BCUT2D eigenvalue weighted by Gasteiger charge is -2.29. The van der Waals surface area contributed by atoms with Crippen molar-refractivity contribution in [1.82, 2.24) is 0 Å². The second-order valence-electron chi connectivity index (χ2n) is 10.7. The van der Waals surface area contributed by atoms with Crippen LogP contribution in [0.2, 0.25) is 0 Å². The summed E-state index contributed by atoms with van der Waals surface area (Å²) in [5.41, 5.74) is -0.694. The van der Waals surface area contributed by atoms with Crippen molar-refractivity contribution in [3.63, 3.8) is 0 Å². The van der Waals surface area contributed by atoms with Gasteiger partial charge in [-0.05, 0) is 55.7 Å². The molecule has 0 spiro atoms. The Balaban J connectivity index is 2.27. The minimum Gasteiger partial charge on any atom is -0.489 e. The molecule has 0 bridgehead atoms. The lowest BCUT2D eigenvalue weighted by molar-refractivity contribution is -0.146. The van der Waals surface area contributed by atoms with E-state index in [1.165, 1.54) is 32.0 Å². The molecule has 2 rings (SSSR count). The monoisotopic (exact) mass is 604 g/mol. The van der Waals surface area contributed by atoms with E-state index in [-0.39, 0.29) is 48.0 Å². The summed E-state index contributed by atoms with van der Waals surface area (Å²) < 4.78 is 51.5. The van der Waals surface area contributed by atoms with E-state index >= 15 is 0 Å². The van der Waals surface area contributed by atoms with E-state index in [1.54, 1.807) is 0 Å². The largest absolute Gasteiger partial charge is 0.489 e. The molecule has 0 aliphatic rings. The Morgan fingerprint density at radius 1 is 0.791 bits per heavy atom. The average Bonchev–Trinajstić information content (AvgIpc) is 2.98. The molecule has 0 heterocycles. The van der Waals surface area contributed by atoms with Crippen LogP contribution in [0.5, 0.6) is 17.2 Å². The maximum atomic E-state index is 14.9. The molecule has 0 fully saturated rings. The fourth-order valence-corrected chi connectivity index (χ4v) is 3.84. The van der Waals surface area contributed by atoms with Crippen LogP contribution in [0.4, 0.5) is 8.78 Å². The second-order valence-corrected chi connectivity index (χ2v) is 10.7. The van der Waals surface area contributed by atoms with Gasteiger partial charge >= 0.3 is 11.9 Å². The molecule has 8 nitrogen and oxygen atoms in total. The molecule has 0 saturated carbocycles. The summed E-state index contributed by atoms with van der Waals surface area (Å²) in [6.45, 7) is 10.4. The van der Waals surface area contributed by atoms with Crippen molar-refractivity contribution in [2.24, 2.45) is 5.41 Å². The van der Waals surface area contributed by atoms with Gasteiger partial charge in [-0.1, -0.05) is 58.3 Å². The van der Waals surface area contributed by atoms with Crippen LogP contribution in [0.25, 0.3) is 11.1 Å². The molecule has 0 amide bonds. The fourth-order valence-electron chi connectivity index (χ4n) is 3.84. The van der Waals surface area contributed by atoms with Gasteiger partial charge in [0, 0.05) is 11.1 Å². The standard InChI is InChI=1S/C33H42F2O8/c1-6-7-8-9-10-11-14-40-30-26(34)15-25(16-27(30)35)24-12-13-28(29(17-24)43-32(39)23(4)5)41-20-33(18-36,19-37)21-42-31(38)22(2)3/h12-13,15-17,36-37H,2,4,6-11,14,18-21H2,1,3,5H3. The molecule has 2 N–H and O–H groups in total. The van der Waals surface area contributed by atoms with Gasteiger partial charge in [0.25, 0.3) is 0 Å². The Morgan fingerprint density at radius 2 is 1.40 bits per heavy atom. The molecule has 0 aromatic heterocycles. The van der Waals surface area contributed by atoms with Crippen LogP contribution in [-0.4, -0.2) is 55.2 Å². The maximum absolute atomic E-state index is 14.9. The van der Waals surface area contributed by atoms with Gasteiger partial charge in [-0.2, -0.15) is 0 Å². The van der Waals surface area contributed by atoms with Crippen molar-refractivity contribution in [3.8, 4) is 28.4 Å². The van der Waals surface area contributed by atoms with Crippen molar-refractivity contribution in [2.45, 2.75) is 59.3 Å². The van der Waals surface area contributed by atoms with E-state index in [0.29, 0.717) is 12.0 Å².